The highest BCUT2D eigenvalue weighted by molar-refractivity contribution is 7.92. The Balaban J connectivity index is 2.29. The molecule has 2 rings (SSSR count). The summed E-state index contributed by atoms with van der Waals surface area (Å²) in [5.74, 6) is -3.71. The molecule has 1 aromatic carbocycles. The van der Waals surface area contributed by atoms with Crippen LogP contribution in [0.3, 0.4) is 0 Å². The molecule has 0 fully saturated rings. The number of anilines is 1. The molecule has 1 heterocycles. The summed E-state index contributed by atoms with van der Waals surface area (Å²) in [6, 6.07) is 11.7. The number of carboxylic acid groups (broad SMARTS) is 1. The van der Waals surface area contributed by atoms with Gasteiger partial charge in [0.25, 0.3) is 0 Å². The number of hydrazine groups is 1. The van der Waals surface area contributed by atoms with E-state index >= 15 is 0 Å². The lowest BCUT2D eigenvalue weighted by atomic mass is 9.82. The lowest BCUT2D eigenvalue weighted by Gasteiger charge is -2.28. The van der Waals surface area contributed by atoms with Crippen LogP contribution in [0.5, 0.6) is 0 Å². The summed E-state index contributed by atoms with van der Waals surface area (Å²) >= 11 is 0. The van der Waals surface area contributed by atoms with Crippen molar-refractivity contribution in [2.45, 2.75) is 26.7 Å². The second kappa shape index (κ2) is 11.4. The van der Waals surface area contributed by atoms with Crippen LogP contribution in [0.1, 0.15) is 32.3 Å². The van der Waals surface area contributed by atoms with Crippen molar-refractivity contribution in [1.82, 2.24) is 10.4 Å². The number of nitrogens with one attached hydrogen (secondary N) is 1. The van der Waals surface area contributed by atoms with Gasteiger partial charge in [0.05, 0.1) is 23.8 Å². The van der Waals surface area contributed by atoms with E-state index in [2.05, 4.69) is 10.4 Å². The second-order valence-electron chi connectivity index (χ2n) is 7.94. The summed E-state index contributed by atoms with van der Waals surface area (Å²) in [7, 11) is -3.84. The number of aromatic nitrogens is 1. The van der Waals surface area contributed by atoms with Gasteiger partial charge < -0.3 is 5.11 Å². The van der Waals surface area contributed by atoms with Crippen molar-refractivity contribution in [1.29, 1.82) is 0 Å². The van der Waals surface area contributed by atoms with Crippen LogP contribution in [0.15, 0.2) is 60.9 Å². The lowest BCUT2D eigenvalue weighted by Crippen LogP contribution is -2.50. The maximum absolute atomic E-state index is 13.2. The number of allylic oxidation sites excluding steroid dienone is 1. The van der Waals surface area contributed by atoms with Gasteiger partial charge in [-0.1, -0.05) is 50.3 Å². The topological polar surface area (TPSA) is 117 Å². The fourth-order valence-corrected chi connectivity index (χ4v) is 4.07. The average Bonchev–Trinajstić information content (AvgIpc) is 2.73. The predicted molar refractivity (Wildman–Crippen MR) is 124 cm³/mol. The molecule has 1 unspecified atom stereocenters. The van der Waals surface area contributed by atoms with E-state index < -0.39 is 33.7 Å². The number of hydrogen-bond donors (Lipinski definition) is 2. The highest BCUT2D eigenvalue weighted by Gasteiger charge is 2.35. The van der Waals surface area contributed by atoms with Gasteiger partial charge >= 0.3 is 5.97 Å². The quantitative estimate of drug-likeness (QED) is 0.498. The summed E-state index contributed by atoms with van der Waals surface area (Å²) in [4.78, 5) is 29.2. The molecule has 2 atom stereocenters. The summed E-state index contributed by atoms with van der Waals surface area (Å²) in [6.45, 7) is 3.77. The van der Waals surface area contributed by atoms with Gasteiger partial charge in [-0.2, -0.15) is 4.41 Å². The molecule has 0 bridgehead atoms. The van der Waals surface area contributed by atoms with E-state index in [-0.39, 0.29) is 24.4 Å². The van der Waals surface area contributed by atoms with Gasteiger partial charge in [-0.25, -0.2) is 8.42 Å². The molecule has 0 saturated carbocycles. The third-order valence-corrected chi connectivity index (χ3v) is 5.75. The number of sulfonamides is 1. The van der Waals surface area contributed by atoms with Crippen molar-refractivity contribution in [3.63, 3.8) is 0 Å². The monoisotopic (exact) mass is 459 g/mol. The smallest absolute Gasteiger partial charge is 0.307 e. The minimum atomic E-state index is -3.84. The van der Waals surface area contributed by atoms with Gasteiger partial charge in [0, 0.05) is 12.4 Å². The van der Waals surface area contributed by atoms with E-state index in [1.165, 1.54) is 0 Å². The van der Waals surface area contributed by atoms with Gasteiger partial charge in [-0.15, -0.1) is 0 Å². The zero-order chi connectivity index (χ0) is 23.7. The van der Waals surface area contributed by atoms with E-state index in [0.29, 0.717) is 0 Å². The molecule has 2 aromatic rings. The standard InChI is InChI=1S/C23H29N3O5S/c1-17(2)15-21(20(23(28)29)13-7-9-18-10-8-14-24-16-18)22(27)25-26(32(3,30)31)19-11-5-4-6-12-19/h4-12,14,16-17,20-21H,13,15H2,1-3H3,(H,25,27)(H,28,29)/t20-,21?/m1/s1. The Labute approximate surface area is 189 Å². The van der Waals surface area contributed by atoms with Crippen molar-refractivity contribution in [2.24, 2.45) is 17.8 Å². The van der Waals surface area contributed by atoms with Crippen molar-refractivity contribution in [3.8, 4) is 0 Å². The van der Waals surface area contributed by atoms with Crippen molar-refractivity contribution in [3.05, 3.63) is 66.5 Å². The first-order chi connectivity index (χ1) is 15.1. The maximum atomic E-state index is 13.2. The van der Waals surface area contributed by atoms with Crippen molar-refractivity contribution < 1.29 is 23.1 Å². The number of carbonyl (C=O) groups is 2. The molecule has 32 heavy (non-hydrogen) atoms. The van der Waals surface area contributed by atoms with Crippen LogP contribution in [-0.2, 0) is 19.6 Å². The number of nitrogens with zero attached hydrogens (tertiary/aromatic N) is 2. The Morgan fingerprint density at radius 1 is 1.12 bits per heavy atom. The van der Waals surface area contributed by atoms with Crippen LogP contribution in [-0.4, -0.2) is 36.6 Å². The molecule has 0 aliphatic carbocycles. The molecule has 9 heteroatoms. The Bertz CT molecular complexity index is 1020. The molecular weight excluding hydrogens is 430 g/mol. The number of hydrogen-bond acceptors (Lipinski definition) is 5. The highest BCUT2D eigenvalue weighted by atomic mass is 32.2. The number of amides is 1. The Morgan fingerprint density at radius 3 is 2.34 bits per heavy atom. The maximum Gasteiger partial charge on any atom is 0.307 e. The van der Waals surface area contributed by atoms with E-state index in [9.17, 15) is 23.1 Å². The van der Waals surface area contributed by atoms with Crippen LogP contribution in [0.2, 0.25) is 0 Å². The summed E-state index contributed by atoms with van der Waals surface area (Å²) < 4.78 is 25.4. The lowest BCUT2D eigenvalue weighted by molar-refractivity contribution is -0.147. The zero-order valence-electron chi connectivity index (χ0n) is 18.4. The van der Waals surface area contributed by atoms with Crippen LogP contribution in [0.4, 0.5) is 5.69 Å². The molecule has 1 amide bonds. The van der Waals surface area contributed by atoms with E-state index in [4.69, 9.17) is 0 Å². The molecule has 1 aromatic heterocycles. The Hall–Kier alpha value is -3.20. The number of carboxylic acids is 1. The summed E-state index contributed by atoms with van der Waals surface area (Å²) in [5, 5.41) is 9.86. The molecule has 0 saturated heterocycles. The molecule has 0 radical (unpaired) electrons. The predicted octanol–water partition coefficient (Wildman–Crippen LogP) is 3.35. The van der Waals surface area contributed by atoms with E-state index in [1.54, 1.807) is 60.9 Å². The minimum absolute atomic E-state index is 0.0262. The van der Waals surface area contributed by atoms with Crippen LogP contribution in [0, 0.1) is 17.8 Å². The van der Waals surface area contributed by atoms with E-state index in [0.717, 1.165) is 16.2 Å². The number of benzene rings is 1. The highest BCUT2D eigenvalue weighted by Crippen LogP contribution is 2.26. The number of carbonyl (C=O) groups excluding carboxylic acids is 1. The molecule has 0 aliphatic heterocycles. The minimum Gasteiger partial charge on any atom is -0.481 e. The molecule has 172 valence electrons. The first-order valence-corrected chi connectivity index (χ1v) is 12.1. The van der Waals surface area contributed by atoms with Crippen LogP contribution < -0.4 is 9.84 Å². The molecule has 2 N–H and O–H groups in total. The average molecular weight is 460 g/mol. The van der Waals surface area contributed by atoms with Gasteiger partial charge in [-0.05, 0) is 42.5 Å². The second-order valence-corrected chi connectivity index (χ2v) is 9.78. The fourth-order valence-electron chi connectivity index (χ4n) is 3.31. The number of para-hydroxylation sites is 1. The SMILES string of the molecule is CC(C)CC(C(=O)NN(c1ccccc1)S(C)(=O)=O)[C@@H](CC=Cc1cccnc1)C(=O)O. The van der Waals surface area contributed by atoms with Crippen molar-refractivity contribution in [2.75, 3.05) is 10.7 Å². The van der Waals surface area contributed by atoms with Crippen LogP contribution >= 0.6 is 0 Å². The van der Waals surface area contributed by atoms with Gasteiger partial charge in [0.2, 0.25) is 15.9 Å². The first kappa shape index (κ1) is 25.1. The fraction of sp³-hybridized carbons (Fsp3) is 0.348. The number of rotatable bonds is 11. The molecular formula is C23H29N3O5S. The van der Waals surface area contributed by atoms with Gasteiger partial charge in [0.15, 0.2) is 0 Å². The Morgan fingerprint density at radius 2 is 1.81 bits per heavy atom. The number of aliphatic carboxylic acids is 1. The molecule has 0 aliphatic rings. The third kappa shape index (κ3) is 7.49. The van der Waals surface area contributed by atoms with Gasteiger partial charge in [0.1, 0.15) is 0 Å². The normalized spacial score (nSPS) is 13.6. The largest absolute Gasteiger partial charge is 0.481 e. The van der Waals surface area contributed by atoms with Crippen LogP contribution in [0.25, 0.3) is 6.08 Å². The molecule has 0 spiro atoms. The zero-order valence-corrected chi connectivity index (χ0v) is 19.2. The first-order valence-electron chi connectivity index (χ1n) is 10.2. The van der Waals surface area contributed by atoms with E-state index in [1.807, 2.05) is 19.9 Å². The number of pyridine rings is 1. The third-order valence-electron chi connectivity index (χ3n) is 4.78. The van der Waals surface area contributed by atoms with Gasteiger partial charge in [-0.3, -0.25) is 20.0 Å². The summed E-state index contributed by atoms with van der Waals surface area (Å²) in [6.07, 6.45) is 8.11. The van der Waals surface area contributed by atoms with Crippen molar-refractivity contribution >= 4 is 33.7 Å². The molecule has 8 nitrogen and oxygen atoms in total. The summed E-state index contributed by atoms with van der Waals surface area (Å²) in [5.41, 5.74) is 3.50. The Kier molecular flexibility index (Phi) is 8.95.